The summed E-state index contributed by atoms with van der Waals surface area (Å²) in [6, 6.07) is -0.272. The van der Waals surface area contributed by atoms with Crippen molar-refractivity contribution < 1.29 is 9.90 Å². The Hall–Kier alpha value is -2.28. The number of nitrogens with zero attached hydrogens (tertiary/aromatic N) is 4. The van der Waals surface area contributed by atoms with E-state index >= 15 is 0 Å². The van der Waals surface area contributed by atoms with Gasteiger partial charge in [-0.25, -0.2) is 9.67 Å². The van der Waals surface area contributed by atoms with Crippen molar-refractivity contribution in [2.24, 2.45) is 11.8 Å². The molecule has 2 heterocycles. The van der Waals surface area contributed by atoms with Gasteiger partial charge in [0.1, 0.15) is 0 Å². The van der Waals surface area contributed by atoms with E-state index in [1.165, 1.54) is 0 Å². The fourth-order valence-electron chi connectivity index (χ4n) is 3.53. The molecule has 0 aliphatic heterocycles. The minimum absolute atomic E-state index is 0.0816. The molecule has 0 spiro atoms. The molecular formula is C17H21N5O2. The number of aliphatic hydroxyl groups is 1. The molecule has 126 valence electrons. The number of hydrogen-bond acceptors (Lipinski definition) is 5. The van der Waals surface area contributed by atoms with E-state index in [1.807, 2.05) is 13.8 Å². The zero-order valence-corrected chi connectivity index (χ0v) is 13.8. The number of fused-ring (bicyclic) bond motifs is 3. The molecule has 2 aliphatic rings. The van der Waals surface area contributed by atoms with Crippen LogP contribution in [0.15, 0.2) is 18.6 Å². The maximum Gasteiger partial charge on any atom is 0.272 e. The first-order valence-electron chi connectivity index (χ1n) is 8.40. The highest BCUT2D eigenvalue weighted by molar-refractivity contribution is 5.94. The molecule has 1 amide bonds. The monoisotopic (exact) mass is 327 g/mol. The van der Waals surface area contributed by atoms with Gasteiger partial charge in [-0.05, 0) is 24.7 Å². The first-order valence-corrected chi connectivity index (χ1v) is 8.40. The molecule has 2 aromatic rings. The molecule has 0 saturated heterocycles. The maximum absolute atomic E-state index is 12.7. The van der Waals surface area contributed by atoms with Gasteiger partial charge in [0.15, 0.2) is 11.5 Å². The highest BCUT2D eigenvalue weighted by Gasteiger charge is 2.50. The minimum Gasteiger partial charge on any atom is -0.394 e. The molecule has 0 bridgehead atoms. The second kappa shape index (κ2) is 5.66. The molecule has 3 atom stereocenters. The molecule has 2 N–H and O–H groups in total. The predicted octanol–water partition coefficient (Wildman–Crippen LogP) is 1.07. The number of rotatable bonds is 5. The SMILES string of the molecule is CC(C)[C@@H](CO)NC(=O)c1nn(-c2cnccn2)c2c1C[C@H]1C[C@@H]21. The molecule has 24 heavy (non-hydrogen) atoms. The quantitative estimate of drug-likeness (QED) is 0.857. The topological polar surface area (TPSA) is 92.9 Å². The summed E-state index contributed by atoms with van der Waals surface area (Å²) in [5.74, 6) is 1.69. The number of aliphatic hydroxyl groups excluding tert-OH is 1. The third-order valence-electron chi connectivity index (χ3n) is 5.06. The van der Waals surface area contributed by atoms with Crippen molar-refractivity contribution in [2.75, 3.05) is 6.61 Å². The van der Waals surface area contributed by atoms with Gasteiger partial charge in [0.2, 0.25) is 0 Å². The van der Waals surface area contributed by atoms with Crippen LogP contribution in [-0.2, 0) is 6.42 Å². The molecule has 1 fully saturated rings. The average molecular weight is 327 g/mol. The summed E-state index contributed by atoms with van der Waals surface area (Å²) in [6.45, 7) is 3.86. The Balaban J connectivity index is 1.70. The second-order valence-electron chi connectivity index (χ2n) is 7.00. The van der Waals surface area contributed by atoms with Crippen molar-refractivity contribution >= 4 is 5.91 Å². The van der Waals surface area contributed by atoms with Crippen LogP contribution in [0.2, 0.25) is 0 Å². The van der Waals surface area contributed by atoms with Gasteiger partial charge < -0.3 is 10.4 Å². The van der Waals surface area contributed by atoms with Crippen LogP contribution in [0.5, 0.6) is 0 Å². The van der Waals surface area contributed by atoms with E-state index in [0.29, 0.717) is 23.3 Å². The fourth-order valence-corrected chi connectivity index (χ4v) is 3.53. The summed E-state index contributed by atoms with van der Waals surface area (Å²) in [5, 5.41) is 16.9. The first-order chi connectivity index (χ1) is 11.6. The molecular weight excluding hydrogens is 306 g/mol. The Morgan fingerprint density at radius 3 is 2.96 bits per heavy atom. The van der Waals surface area contributed by atoms with Gasteiger partial charge in [0, 0.05) is 23.9 Å². The van der Waals surface area contributed by atoms with Gasteiger partial charge in [-0.3, -0.25) is 9.78 Å². The third kappa shape index (κ3) is 2.39. The number of hydrogen-bond donors (Lipinski definition) is 2. The largest absolute Gasteiger partial charge is 0.394 e. The number of aromatic nitrogens is 4. The Labute approximate surface area is 140 Å². The lowest BCUT2D eigenvalue weighted by Crippen LogP contribution is -2.41. The predicted molar refractivity (Wildman–Crippen MR) is 86.9 cm³/mol. The molecule has 4 rings (SSSR count). The zero-order chi connectivity index (χ0) is 16.8. The molecule has 7 nitrogen and oxygen atoms in total. The van der Waals surface area contributed by atoms with Crippen LogP contribution in [0, 0.1) is 11.8 Å². The lowest BCUT2D eigenvalue weighted by Gasteiger charge is -2.19. The van der Waals surface area contributed by atoms with Crippen molar-refractivity contribution in [3.63, 3.8) is 0 Å². The Bertz CT molecular complexity index is 771. The summed E-state index contributed by atoms with van der Waals surface area (Å²) < 4.78 is 1.78. The molecule has 2 aliphatic carbocycles. The molecule has 7 heteroatoms. The Morgan fingerprint density at radius 1 is 1.46 bits per heavy atom. The smallest absolute Gasteiger partial charge is 0.272 e. The van der Waals surface area contributed by atoms with Gasteiger partial charge in [-0.1, -0.05) is 13.8 Å². The lowest BCUT2D eigenvalue weighted by atomic mass is 10.0. The summed E-state index contributed by atoms with van der Waals surface area (Å²) in [7, 11) is 0. The summed E-state index contributed by atoms with van der Waals surface area (Å²) in [6.07, 6.45) is 6.97. The van der Waals surface area contributed by atoms with Gasteiger partial charge in [-0.2, -0.15) is 5.10 Å². The minimum atomic E-state index is -0.272. The normalized spacial score (nSPS) is 22.2. The molecule has 0 aromatic carbocycles. The highest BCUT2D eigenvalue weighted by atomic mass is 16.3. The third-order valence-corrected chi connectivity index (χ3v) is 5.06. The number of amides is 1. The number of carbonyl (C=O) groups excluding carboxylic acids is 1. The van der Waals surface area contributed by atoms with Crippen LogP contribution >= 0.6 is 0 Å². The van der Waals surface area contributed by atoms with Crippen molar-refractivity contribution in [3.05, 3.63) is 35.5 Å². The van der Waals surface area contributed by atoms with E-state index < -0.39 is 0 Å². The van der Waals surface area contributed by atoms with Crippen LogP contribution < -0.4 is 5.32 Å². The van der Waals surface area contributed by atoms with Gasteiger partial charge >= 0.3 is 0 Å². The Kier molecular flexibility index (Phi) is 3.60. The second-order valence-corrected chi connectivity index (χ2v) is 7.00. The lowest BCUT2D eigenvalue weighted by molar-refractivity contribution is 0.0890. The van der Waals surface area contributed by atoms with Crippen LogP contribution in [-0.4, -0.2) is 43.4 Å². The average Bonchev–Trinajstić information content (AvgIpc) is 3.09. The van der Waals surface area contributed by atoms with Gasteiger partial charge in [0.25, 0.3) is 5.91 Å². The zero-order valence-electron chi connectivity index (χ0n) is 13.8. The summed E-state index contributed by atoms with van der Waals surface area (Å²) in [4.78, 5) is 21.1. The van der Waals surface area contributed by atoms with Crippen molar-refractivity contribution in [3.8, 4) is 5.82 Å². The van der Waals surface area contributed by atoms with E-state index in [1.54, 1.807) is 23.3 Å². The summed E-state index contributed by atoms with van der Waals surface area (Å²) in [5.41, 5.74) is 2.59. The van der Waals surface area contributed by atoms with Gasteiger partial charge in [0.05, 0.1) is 24.5 Å². The Morgan fingerprint density at radius 2 is 2.29 bits per heavy atom. The van der Waals surface area contributed by atoms with E-state index in [-0.39, 0.29) is 24.5 Å². The molecule has 0 unspecified atom stereocenters. The number of carbonyl (C=O) groups is 1. The van der Waals surface area contributed by atoms with E-state index in [9.17, 15) is 9.90 Å². The van der Waals surface area contributed by atoms with Crippen LogP contribution in [0.3, 0.4) is 0 Å². The molecule has 2 aromatic heterocycles. The van der Waals surface area contributed by atoms with Crippen molar-refractivity contribution in [2.45, 2.75) is 38.6 Å². The first kappa shape index (κ1) is 15.3. The number of nitrogens with one attached hydrogen (secondary N) is 1. The maximum atomic E-state index is 12.7. The van der Waals surface area contributed by atoms with Crippen LogP contribution in [0.4, 0.5) is 0 Å². The highest BCUT2D eigenvalue weighted by Crippen LogP contribution is 2.57. The van der Waals surface area contributed by atoms with Crippen LogP contribution in [0.25, 0.3) is 5.82 Å². The van der Waals surface area contributed by atoms with E-state index in [0.717, 1.165) is 24.1 Å². The van der Waals surface area contributed by atoms with E-state index in [2.05, 4.69) is 20.4 Å². The van der Waals surface area contributed by atoms with Crippen molar-refractivity contribution in [1.82, 2.24) is 25.1 Å². The van der Waals surface area contributed by atoms with Crippen LogP contribution in [0.1, 0.15) is 47.9 Å². The molecule has 0 radical (unpaired) electrons. The van der Waals surface area contributed by atoms with E-state index in [4.69, 9.17) is 0 Å². The molecule has 1 saturated carbocycles. The van der Waals surface area contributed by atoms with Crippen molar-refractivity contribution in [1.29, 1.82) is 0 Å². The standard InChI is InChI=1S/C17H21N5O2/c1-9(2)13(8-23)20-17(24)15-12-6-10-5-11(10)16(12)22(21-15)14-7-18-3-4-19-14/h3-4,7,9-11,13,23H,5-6,8H2,1-2H3,(H,20,24)/t10-,11-,13-/m1/s1. The summed E-state index contributed by atoms with van der Waals surface area (Å²) >= 11 is 0. The van der Waals surface area contributed by atoms with Gasteiger partial charge in [-0.15, -0.1) is 0 Å². The fraction of sp³-hybridized carbons (Fsp3) is 0.529.